The van der Waals surface area contributed by atoms with E-state index >= 15 is 0 Å². The maximum Gasteiger partial charge on any atom is 0.258 e. The molecule has 0 aliphatic heterocycles. The Morgan fingerprint density at radius 2 is 1.48 bits per heavy atom. The van der Waals surface area contributed by atoms with E-state index in [4.69, 9.17) is 9.96 Å². The minimum Gasteiger partial charge on any atom is -0.543 e. The van der Waals surface area contributed by atoms with E-state index in [1.165, 1.54) is 5.56 Å². The maximum atomic E-state index is 8.62. The van der Waals surface area contributed by atoms with E-state index in [2.05, 4.69) is 75.8 Å². The van der Waals surface area contributed by atoms with Crippen molar-refractivity contribution in [3.8, 4) is 5.75 Å². The molecule has 0 unspecified atom stereocenters. The normalized spacial score (nSPS) is 12.6. The van der Waals surface area contributed by atoms with Crippen molar-refractivity contribution in [2.45, 2.75) is 90.4 Å². The molecule has 0 fully saturated rings. The van der Waals surface area contributed by atoms with Crippen LogP contribution < -0.4 is 4.43 Å². The highest BCUT2D eigenvalue weighted by atomic mass is 28.4. The Bertz CT molecular complexity index is 566. The van der Waals surface area contributed by atoms with Gasteiger partial charge in [-0.15, -0.1) is 0 Å². The molecule has 1 aromatic carbocycles. The third kappa shape index (κ3) is 5.51. The number of benzene rings is 1. The quantitative estimate of drug-likeness (QED) is 0.197. The predicted octanol–water partition coefficient (Wildman–Crippen LogP) is 7.26. The molecule has 4 nitrogen and oxygen atoms in total. The molecule has 1 aromatic rings. The lowest BCUT2D eigenvalue weighted by Crippen LogP contribution is -2.50. The van der Waals surface area contributed by atoms with Gasteiger partial charge in [0.15, 0.2) is 0 Å². The minimum atomic E-state index is -1.90. The van der Waals surface area contributed by atoms with Crippen molar-refractivity contribution >= 4 is 8.32 Å². The number of nitrogens with zero attached hydrogens (tertiary/aromatic N) is 3. The topological polar surface area (TPSA) is 58.0 Å². The van der Waals surface area contributed by atoms with Gasteiger partial charge >= 0.3 is 0 Å². The molecule has 0 spiro atoms. The van der Waals surface area contributed by atoms with Crippen LogP contribution in [0.15, 0.2) is 29.4 Å². The zero-order chi connectivity index (χ0) is 19.3. The average molecular weight is 362 g/mol. The van der Waals surface area contributed by atoms with Gasteiger partial charge in [-0.25, -0.2) is 0 Å². The fraction of sp³-hybridized carbons (Fsp3) is 0.700. The van der Waals surface area contributed by atoms with Crippen molar-refractivity contribution in [1.29, 1.82) is 0 Å². The molecule has 0 aliphatic rings. The van der Waals surface area contributed by atoms with Gasteiger partial charge in [-0.2, -0.15) is 0 Å². The average Bonchev–Trinajstić information content (AvgIpc) is 2.50. The highest BCUT2D eigenvalue weighted by Gasteiger charge is 2.46. The maximum absolute atomic E-state index is 8.62. The van der Waals surface area contributed by atoms with Crippen LogP contribution in [0.5, 0.6) is 5.75 Å². The second kappa shape index (κ2) is 8.77. The van der Waals surface area contributed by atoms with Gasteiger partial charge in [0.05, 0.1) is 0 Å². The number of azide groups is 1. The van der Waals surface area contributed by atoms with Crippen LogP contribution in [0, 0.1) is 0 Å². The van der Waals surface area contributed by atoms with Crippen LogP contribution in [0.25, 0.3) is 10.4 Å². The lowest BCUT2D eigenvalue weighted by Gasteiger charge is -2.42. The van der Waals surface area contributed by atoms with E-state index in [0.717, 1.165) is 18.6 Å². The van der Waals surface area contributed by atoms with E-state index in [-0.39, 0.29) is 5.54 Å². The van der Waals surface area contributed by atoms with Crippen LogP contribution in [-0.4, -0.2) is 13.9 Å². The largest absolute Gasteiger partial charge is 0.543 e. The van der Waals surface area contributed by atoms with E-state index in [9.17, 15) is 0 Å². The summed E-state index contributed by atoms with van der Waals surface area (Å²) in [5.41, 5.74) is 11.2. The fourth-order valence-electron chi connectivity index (χ4n) is 3.90. The summed E-state index contributed by atoms with van der Waals surface area (Å²) in [5.74, 6) is 0.987. The second-order valence-corrected chi connectivity index (χ2v) is 13.9. The van der Waals surface area contributed by atoms with Crippen LogP contribution in [0.4, 0.5) is 0 Å². The molecule has 0 N–H and O–H groups in total. The monoisotopic (exact) mass is 361 g/mol. The van der Waals surface area contributed by atoms with E-state index in [1.54, 1.807) is 0 Å². The highest BCUT2D eigenvalue weighted by Crippen LogP contribution is 2.42. The second-order valence-electron chi connectivity index (χ2n) is 8.57. The van der Waals surface area contributed by atoms with Gasteiger partial charge in [-0.3, -0.25) is 0 Å². The number of aryl methyl sites for hydroxylation is 1. The molecule has 0 heterocycles. The molecule has 0 atom stereocenters. The Morgan fingerprint density at radius 1 is 1.00 bits per heavy atom. The van der Waals surface area contributed by atoms with Crippen LogP contribution in [0.1, 0.15) is 67.4 Å². The molecule has 1 rings (SSSR count). The van der Waals surface area contributed by atoms with Gasteiger partial charge in [0.2, 0.25) is 0 Å². The summed E-state index contributed by atoms with van der Waals surface area (Å²) < 4.78 is 6.70. The first-order valence-electron chi connectivity index (χ1n) is 9.39. The van der Waals surface area contributed by atoms with Gasteiger partial charge in [0.1, 0.15) is 5.75 Å². The third-order valence-corrected chi connectivity index (χ3v) is 11.3. The number of hydrogen-bond acceptors (Lipinski definition) is 2. The molecule has 25 heavy (non-hydrogen) atoms. The molecule has 0 aliphatic carbocycles. The first kappa shape index (κ1) is 21.6. The van der Waals surface area contributed by atoms with Gasteiger partial charge < -0.3 is 4.43 Å². The molecule has 0 aromatic heterocycles. The zero-order valence-corrected chi connectivity index (χ0v) is 18.2. The third-order valence-electron chi connectivity index (χ3n) is 5.27. The standard InChI is InChI=1S/C20H35N3OSi/c1-15(2)25(16(3)4,17(5)6)24-19-11-9-18(10-12-19)13-14-20(7,8)22-23-21/h9-12,15-17H,13-14H2,1-8H3. The van der Waals surface area contributed by atoms with Gasteiger partial charge in [-0.05, 0) is 52.7 Å². The molecule has 0 saturated carbocycles. The first-order valence-corrected chi connectivity index (χ1v) is 11.5. The molecular weight excluding hydrogens is 326 g/mol. The Balaban J connectivity index is 2.90. The number of rotatable bonds is 9. The van der Waals surface area contributed by atoms with Crippen LogP contribution >= 0.6 is 0 Å². The molecular formula is C20H35N3OSi. The Labute approximate surface area is 154 Å². The van der Waals surface area contributed by atoms with Crippen LogP contribution in [-0.2, 0) is 6.42 Å². The lowest BCUT2D eigenvalue weighted by molar-refractivity contribution is 0.472. The minimum absolute atomic E-state index is 0.348. The number of hydrogen-bond donors (Lipinski definition) is 0. The smallest absolute Gasteiger partial charge is 0.258 e. The Hall–Kier alpha value is -1.45. The molecule has 0 radical (unpaired) electrons. The highest BCUT2D eigenvalue weighted by molar-refractivity contribution is 6.78. The summed E-state index contributed by atoms with van der Waals surface area (Å²) >= 11 is 0. The molecule has 0 amide bonds. The first-order chi connectivity index (χ1) is 11.5. The molecule has 140 valence electrons. The van der Waals surface area contributed by atoms with Gasteiger partial charge in [-0.1, -0.05) is 72.6 Å². The lowest BCUT2D eigenvalue weighted by atomic mass is 9.96. The van der Waals surface area contributed by atoms with Crippen molar-refractivity contribution in [1.82, 2.24) is 0 Å². The van der Waals surface area contributed by atoms with Crippen molar-refractivity contribution in [2.24, 2.45) is 5.11 Å². The van der Waals surface area contributed by atoms with Crippen molar-refractivity contribution < 1.29 is 4.43 Å². The summed E-state index contributed by atoms with van der Waals surface area (Å²) in [4.78, 5) is 2.93. The SMILES string of the molecule is CC(C)[Si](Oc1ccc(CCC(C)(C)N=[N+]=[N-])cc1)(C(C)C)C(C)C. The summed E-state index contributed by atoms with van der Waals surface area (Å²) in [6.07, 6.45) is 1.73. The van der Waals surface area contributed by atoms with Crippen molar-refractivity contribution in [3.05, 3.63) is 40.3 Å². The fourth-order valence-corrected chi connectivity index (χ4v) is 9.15. The Morgan fingerprint density at radius 3 is 1.88 bits per heavy atom. The van der Waals surface area contributed by atoms with Gasteiger partial charge in [0, 0.05) is 10.5 Å². The summed E-state index contributed by atoms with van der Waals surface area (Å²) in [6, 6.07) is 8.48. The summed E-state index contributed by atoms with van der Waals surface area (Å²) in [6.45, 7) is 17.8. The van der Waals surface area contributed by atoms with Crippen molar-refractivity contribution in [2.75, 3.05) is 0 Å². The predicted molar refractivity (Wildman–Crippen MR) is 110 cm³/mol. The molecule has 0 saturated heterocycles. The van der Waals surface area contributed by atoms with Crippen LogP contribution in [0.3, 0.4) is 0 Å². The zero-order valence-electron chi connectivity index (χ0n) is 17.2. The van der Waals surface area contributed by atoms with E-state index in [0.29, 0.717) is 16.6 Å². The molecule has 5 heteroatoms. The van der Waals surface area contributed by atoms with E-state index < -0.39 is 8.32 Å². The summed E-state index contributed by atoms with van der Waals surface area (Å²) in [5, 5.41) is 3.86. The van der Waals surface area contributed by atoms with E-state index in [1.807, 2.05) is 13.8 Å². The molecule has 0 bridgehead atoms. The van der Waals surface area contributed by atoms with Crippen LogP contribution in [0.2, 0.25) is 16.6 Å². The van der Waals surface area contributed by atoms with Gasteiger partial charge in [0.25, 0.3) is 8.32 Å². The van der Waals surface area contributed by atoms with Crippen molar-refractivity contribution in [3.63, 3.8) is 0 Å². The summed E-state index contributed by atoms with van der Waals surface area (Å²) in [7, 11) is -1.90. The Kier molecular flexibility index (Phi) is 7.57.